The Morgan fingerprint density at radius 3 is 2.63 bits per heavy atom. The van der Waals surface area contributed by atoms with Gasteiger partial charge in [0.15, 0.2) is 0 Å². The van der Waals surface area contributed by atoms with Crippen LogP contribution >= 0.6 is 12.4 Å². The molecule has 1 saturated heterocycles. The number of hydrogen-bond acceptors (Lipinski definition) is 3. The van der Waals surface area contributed by atoms with Gasteiger partial charge in [0.05, 0.1) is 11.7 Å². The van der Waals surface area contributed by atoms with Crippen molar-refractivity contribution in [3.63, 3.8) is 0 Å². The molecule has 19 heavy (non-hydrogen) atoms. The first-order valence-corrected chi connectivity index (χ1v) is 6.07. The fourth-order valence-electron chi connectivity index (χ4n) is 2.07. The number of ether oxygens (including phenoxy) is 1. The molecule has 1 atom stereocenters. The fourth-order valence-corrected chi connectivity index (χ4v) is 2.07. The van der Waals surface area contributed by atoms with Crippen LogP contribution in [0, 0.1) is 11.7 Å². The SMILES string of the molecule is Cl.NC(C(=O)Nc1ccccc1F)C1CCOCC1. The summed E-state index contributed by atoms with van der Waals surface area (Å²) in [6, 6.07) is 5.44. The summed E-state index contributed by atoms with van der Waals surface area (Å²) in [4.78, 5) is 11.9. The van der Waals surface area contributed by atoms with Crippen molar-refractivity contribution in [3.05, 3.63) is 30.1 Å². The number of para-hydroxylation sites is 1. The van der Waals surface area contributed by atoms with Gasteiger partial charge in [0.2, 0.25) is 5.91 Å². The lowest BCUT2D eigenvalue weighted by atomic mass is 9.92. The number of nitrogens with two attached hydrogens (primary N) is 1. The second kappa shape index (κ2) is 7.43. The molecule has 1 aliphatic heterocycles. The monoisotopic (exact) mass is 288 g/mol. The average molecular weight is 289 g/mol. The number of rotatable bonds is 3. The van der Waals surface area contributed by atoms with Gasteiger partial charge in [-0.25, -0.2) is 4.39 Å². The Hall–Kier alpha value is -1.17. The molecular formula is C13H18ClFN2O2. The van der Waals surface area contributed by atoms with Crippen molar-refractivity contribution in [2.24, 2.45) is 11.7 Å². The van der Waals surface area contributed by atoms with Gasteiger partial charge in [0.25, 0.3) is 0 Å². The van der Waals surface area contributed by atoms with Crippen LogP contribution in [0.4, 0.5) is 10.1 Å². The number of hydrogen-bond donors (Lipinski definition) is 2. The van der Waals surface area contributed by atoms with Gasteiger partial charge in [-0.2, -0.15) is 0 Å². The van der Waals surface area contributed by atoms with Gasteiger partial charge >= 0.3 is 0 Å². The van der Waals surface area contributed by atoms with Crippen LogP contribution in [0.3, 0.4) is 0 Å². The summed E-state index contributed by atoms with van der Waals surface area (Å²) in [5.41, 5.74) is 6.07. The quantitative estimate of drug-likeness (QED) is 0.893. The summed E-state index contributed by atoms with van der Waals surface area (Å²) < 4.78 is 18.6. The molecule has 1 aromatic carbocycles. The average Bonchev–Trinajstić information content (AvgIpc) is 2.41. The van der Waals surface area contributed by atoms with Crippen LogP contribution in [-0.2, 0) is 9.53 Å². The van der Waals surface area contributed by atoms with Gasteiger partial charge in [0.1, 0.15) is 5.82 Å². The molecule has 1 amide bonds. The zero-order valence-corrected chi connectivity index (χ0v) is 11.3. The first-order chi connectivity index (χ1) is 8.68. The van der Waals surface area contributed by atoms with Gasteiger partial charge < -0.3 is 15.8 Å². The van der Waals surface area contributed by atoms with Gasteiger partial charge in [-0.05, 0) is 30.9 Å². The topological polar surface area (TPSA) is 64.4 Å². The molecular weight excluding hydrogens is 271 g/mol. The lowest BCUT2D eigenvalue weighted by molar-refractivity contribution is -0.119. The number of carbonyl (C=O) groups excluding carboxylic acids is 1. The molecule has 1 unspecified atom stereocenters. The molecule has 3 N–H and O–H groups in total. The van der Waals surface area contributed by atoms with Gasteiger partial charge in [-0.15, -0.1) is 12.4 Å². The Balaban J connectivity index is 0.00000180. The standard InChI is InChI=1S/C13H17FN2O2.ClH/c14-10-3-1-2-4-11(10)16-13(17)12(15)9-5-7-18-8-6-9;/h1-4,9,12H,5-8,15H2,(H,16,17);1H. The van der Waals surface area contributed by atoms with Crippen LogP contribution in [0.2, 0.25) is 0 Å². The minimum Gasteiger partial charge on any atom is -0.381 e. The molecule has 1 aliphatic rings. The van der Waals surface area contributed by atoms with Gasteiger partial charge in [-0.3, -0.25) is 4.79 Å². The molecule has 106 valence electrons. The third kappa shape index (κ3) is 4.16. The highest BCUT2D eigenvalue weighted by Gasteiger charge is 2.26. The Labute approximate surface area is 117 Å². The second-order valence-electron chi connectivity index (χ2n) is 4.44. The minimum atomic E-state index is -0.617. The van der Waals surface area contributed by atoms with Crippen LogP contribution in [-0.4, -0.2) is 25.2 Å². The van der Waals surface area contributed by atoms with E-state index in [0.717, 1.165) is 12.8 Å². The van der Waals surface area contributed by atoms with Crippen molar-refractivity contribution in [1.82, 2.24) is 0 Å². The van der Waals surface area contributed by atoms with Crippen LogP contribution in [0.5, 0.6) is 0 Å². The van der Waals surface area contributed by atoms with Crippen LogP contribution in [0.1, 0.15) is 12.8 Å². The van der Waals surface area contributed by atoms with E-state index in [1.54, 1.807) is 12.1 Å². The molecule has 1 aromatic rings. The zero-order chi connectivity index (χ0) is 13.0. The van der Waals surface area contributed by atoms with Crippen LogP contribution in [0.15, 0.2) is 24.3 Å². The van der Waals surface area contributed by atoms with E-state index in [1.165, 1.54) is 12.1 Å². The summed E-state index contributed by atoms with van der Waals surface area (Å²) >= 11 is 0. The highest BCUT2D eigenvalue weighted by atomic mass is 35.5. The summed E-state index contributed by atoms with van der Waals surface area (Å²) in [5.74, 6) is -0.692. The van der Waals surface area contributed by atoms with E-state index in [-0.39, 0.29) is 29.9 Å². The predicted molar refractivity (Wildman–Crippen MR) is 73.8 cm³/mol. The molecule has 0 saturated carbocycles. The third-order valence-electron chi connectivity index (χ3n) is 3.21. The Bertz CT molecular complexity index is 425. The van der Waals surface area contributed by atoms with E-state index in [1.807, 2.05) is 0 Å². The molecule has 1 heterocycles. The van der Waals surface area contributed by atoms with Crippen molar-refractivity contribution < 1.29 is 13.9 Å². The molecule has 0 bridgehead atoms. The van der Waals surface area contributed by atoms with E-state index >= 15 is 0 Å². The summed E-state index contributed by atoms with van der Waals surface area (Å²) in [5, 5.41) is 2.53. The maximum Gasteiger partial charge on any atom is 0.241 e. The molecule has 1 fully saturated rings. The summed E-state index contributed by atoms with van der Waals surface area (Å²) in [6.45, 7) is 1.26. The molecule has 6 heteroatoms. The van der Waals surface area contributed by atoms with Crippen LogP contribution < -0.4 is 11.1 Å². The molecule has 0 spiro atoms. The van der Waals surface area contributed by atoms with Crippen LogP contribution in [0.25, 0.3) is 0 Å². The Morgan fingerprint density at radius 2 is 2.00 bits per heavy atom. The van der Waals surface area contributed by atoms with Crippen molar-refractivity contribution in [2.75, 3.05) is 18.5 Å². The molecule has 4 nitrogen and oxygen atoms in total. The second-order valence-corrected chi connectivity index (χ2v) is 4.44. The number of anilines is 1. The highest BCUT2D eigenvalue weighted by molar-refractivity contribution is 5.95. The maximum atomic E-state index is 13.4. The first kappa shape index (κ1) is 15.9. The summed E-state index contributed by atoms with van der Waals surface area (Å²) in [6.07, 6.45) is 1.54. The number of amides is 1. The lowest BCUT2D eigenvalue weighted by Crippen LogP contribution is -2.44. The summed E-state index contributed by atoms with van der Waals surface area (Å²) in [7, 11) is 0. The number of nitrogens with one attached hydrogen (secondary N) is 1. The smallest absolute Gasteiger partial charge is 0.241 e. The van der Waals surface area contributed by atoms with E-state index < -0.39 is 11.9 Å². The normalized spacial score (nSPS) is 17.4. The van der Waals surface area contributed by atoms with Crippen molar-refractivity contribution in [1.29, 1.82) is 0 Å². The Morgan fingerprint density at radius 1 is 1.37 bits per heavy atom. The molecule has 2 rings (SSSR count). The van der Waals surface area contributed by atoms with E-state index in [4.69, 9.17) is 10.5 Å². The number of carbonyl (C=O) groups is 1. The van der Waals surface area contributed by atoms with E-state index in [0.29, 0.717) is 13.2 Å². The van der Waals surface area contributed by atoms with Gasteiger partial charge in [-0.1, -0.05) is 12.1 Å². The predicted octanol–water partition coefficient (Wildman–Crippen LogP) is 1.94. The number of benzene rings is 1. The molecule has 0 aliphatic carbocycles. The van der Waals surface area contributed by atoms with Crippen molar-refractivity contribution in [3.8, 4) is 0 Å². The van der Waals surface area contributed by atoms with Crippen molar-refractivity contribution >= 4 is 24.0 Å². The van der Waals surface area contributed by atoms with E-state index in [9.17, 15) is 9.18 Å². The third-order valence-corrected chi connectivity index (χ3v) is 3.21. The zero-order valence-electron chi connectivity index (χ0n) is 10.5. The largest absolute Gasteiger partial charge is 0.381 e. The highest BCUT2D eigenvalue weighted by Crippen LogP contribution is 2.19. The van der Waals surface area contributed by atoms with Gasteiger partial charge in [0, 0.05) is 13.2 Å². The fraction of sp³-hybridized carbons (Fsp3) is 0.462. The lowest BCUT2D eigenvalue weighted by Gasteiger charge is -2.26. The molecule has 0 aromatic heterocycles. The minimum absolute atomic E-state index is 0. The van der Waals surface area contributed by atoms with E-state index in [2.05, 4.69) is 5.32 Å². The number of halogens is 2. The molecule has 0 radical (unpaired) electrons. The Kier molecular flexibility index (Phi) is 6.21. The maximum absolute atomic E-state index is 13.4. The van der Waals surface area contributed by atoms with Crippen molar-refractivity contribution in [2.45, 2.75) is 18.9 Å². The first-order valence-electron chi connectivity index (χ1n) is 6.07.